The molecule has 3 atom stereocenters. The Morgan fingerprint density at radius 2 is 2.22 bits per heavy atom. The van der Waals surface area contributed by atoms with Gasteiger partial charge in [-0.2, -0.15) is 0 Å². The number of carboxylic acid groups (broad SMARTS) is 1. The van der Waals surface area contributed by atoms with Crippen LogP contribution in [0.4, 0.5) is 0 Å². The lowest BCUT2D eigenvalue weighted by Crippen LogP contribution is -2.52. The maximum atomic E-state index is 12.0. The molecule has 0 spiro atoms. The molecule has 3 rings (SSSR count). The average Bonchev–Trinajstić information content (AvgIpc) is 2.52. The van der Waals surface area contributed by atoms with E-state index in [0.717, 1.165) is 37.9 Å². The Bertz CT molecular complexity index is 636. The van der Waals surface area contributed by atoms with Crippen LogP contribution in [0.15, 0.2) is 30.9 Å². The van der Waals surface area contributed by atoms with Crippen molar-refractivity contribution in [1.82, 2.24) is 0 Å². The van der Waals surface area contributed by atoms with Crippen molar-refractivity contribution in [2.45, 2.75) is 51.4 Å². The van der Waals surface area contributed by atoms with Gasteiger partial charge in [-0.05, 0) is 67.2 Å². The summed E-state index contributed by atoms with van der Waals surface area (Å²) < 4.78 is 5.71. The molecule has 1 N–H and O–H groups in total. The van der Waals surface area contributed by atoms with E-state index in [2.05, 4.69) is 25.6 Å². The zero-order valence-corrected chi connectivity index (χ0v) is 14.1. The molecule has 0 unspecified atom stereocenters. The van der Waals surface area contributed by atoms with E-state index in [0.29, 0.717) is 6.61 Å². The summed E-state index contributed by atoms with van der Waals surface area (Å²) in [6.07, 6.45) is 6.46. The number of ether oxygens (including phenoxy) is 1. The molecule has 0 aliphatic heterocycles. The molecule has 3 heteroatoms. The molecule has 1 saturated carbocycles. The maximum absolute atomic E-state index is 12.0. The summed E-state index contributed by atoms with van der Waals surface area (Å²) in [6.45, 7) is 8.38. The summed E-state index contributed by atoms with van der Waals surface area (Å²) in [4.78, 5) is 12.0. The standard InChI is InChI=1S/C20H26O3/c1-4-12-23-15-8-6-14-7-9-17-19(2,16(14)13-15)10-5-11-20(17,3)18(21)22/h4,6,8,13,17H,1,5,7,9-12H2,2-3H3,(H,21,22)/t17-,19-,20+/m1/s1. The van der Waals surface area contributed by atoms with Crippen LogP contribution in [0.2, 0.25) is 0 Å². The second-order valence-corrected chi connectivity index (χ2v) is 7.50. The predicted molar refractivity (Wildman–Crippen MR) is 90.9 cm³/mol. The summed E-state index contributed by atoms with van der Waals surface area (Å²) in [5, 5.41) is 9.83. The number of rotatable bonds is 4. The van der Waals surface area contributed by atoms with E-state index < -0.39 is 11.4 Å². The van der Waals surface area contributed by atoms with Crippen molar-refractivity contribution in [3.05, 3.63) is 42.0 Å². The van der Waals surface area contributed by atoms with E-state index in [9.17, 15) is 9.90 Å². The van der Waals surface area contributed by atoms with Gasteiger partial charge in [-0.3, -0.25) is 4.79 Å². The molecule has 3 nitrogen and oxygen atoms in total. The number of aliphatic carboxylic acids is 1. The third-order valence-corrected chi connectivity index (χ3v) is 6.19. The average molecular weight is 314 g/mol. The number of carboxylic acids is 1. The first-order valence-electron chi connectivity index (χ1n) is 8.52. The molecule has 0 radical (unpaired) electrons. The third-order valence-electron chi connectivity index (χ3n) is 6.19. The number of hydrogen-bond donors (Lipinski definition) is 1. The van der Waals surface area contributed by atoms with Gasteiger partial charge < -0.3 is 9.84 Å². The minimum atomic E-state index is -0.643. The van der Waals surface area contributed by atoms with Gasteiger partial charge in [-0.15, -0.1) is 0 Å². The second-order valence-electron chi connectivity index (χ2n) is 7.50. The Balaban J connectivity index is 2.04. The SMILES string of the molecule is C=CCOc1ccc2c(c1)[C@@]1(C)CCC[C@](C)(C(=O)O)[C@@H]1CC2. The van der Waals surface area contributed by atoms with Gasteiger partial charge in [-0.25, -0.2) is 0 Å². The topological polar surface area (TPSA) is 46.5 Å². The molecular weight excluding hydrogens is 288 g/mol. The van der Waals surface area contributed by atoms with E-state index in [1.807, 2.05) is 13.0 Å². The lowest BCUT2D eigenvalue weighted by atomic mass is 9.50. The van der Waals surface area contributed by atoms with Gasteiger partial charge in [0.1, 0.15) is 12.4 Å². The van der Waals surface area contributed by atoms with Crippen LogP contribution in [0.25, 0.3) is 0 Å². The van der Waals surface area contributed by atoms with Crippen LogP contribution >= 0.6 is 0 Å². The number of hydrogen-bond acceptors (Lipinski definition) is 2. The van der Waals surface area contributed by atoms with E-state index in [-0.39, 0.29) is 11.3 Å². The molecule has 1 aromatic carbocycles. The fourth-order valence-corrected chi connectivity index (χ4v) is 4.94. The molecular formula is C20H26O3. The molecule has 2 aliphatic rings. The molecule has 124 valence electrons. The zero-order valence-electron chi connectivity index (χ0n) is 14.1. The third kappa shape index (κ3) is 2.46. The van der Waals surface area contributed by atoms with Crippen molar-refractivity contribution in [2.24, 2.45) is 11.3 Å². The van der Waals surface area contributed by atoms with Gasteiger partial charge in [0.25, 0.3) is 0 Å². The quantitative estimate of drug-likeness (QED) is 0.841. The fourth-order valence-electron chi connectivity index (χ4n) is 4.94. The molecule has 1 aromatic rings. The Kier molecular flexibility index (Phi) is 3.99. The van der Waals surface area contributed by atoms with Crippen LogP contribution in [0, 0.1) is 11.3 Å². The van der Waals surface area contributed by atoms with Crippen molar-refractivity contribution < 1.29 is 14.6 Å². The highest BCUT2D eigenvalue weighted by Crippen LogP contribution is 2.57. The molecule has 23 heavy (non-hydrogen) atoms. The number of carbonyl (C=O) groups is 1. The van der Waals surface area contributed by atoms with Crippen LogP contribution in [-0.2, 0) is 16.6 Å². The van der Waals surface area contributed by atoms with E-state index in [1.54, 1.807) is 6.08 Å². The highest BCUT2D eigenvalue weighted by molar-refractivity contribution is 5.75. The van der Waals surface area contributed by atoms with Crippen LogP contribution in [0.5, 0.6) is 5.75 Å². The molecule has 1 fully saturated rings. The van der Waals surface area contributed by atoms with E-state index in [1.165, 1.54) is 11.1 Å². The first-order chi connectivity index (χ1) is 10.9. The molecule has 0 bridgehead atoms. The lowest BCUT2D eigenvalue weighted by Gasteiger charge is -2.53. The van der Waals surface area contributed by atoms with Gasteiger partial charge in [-0.1, -0.05) is 32.1 Å². The maximum Gasteiger partial charge on any atom is 0.309 e. The molecule has 0 aromatic heterocycles. The van der Waals surface area contributed by atoms with Crippen molar-refractivity contribution in [3.63, 3.8) is 0 Å². The molecule has 0 amide bonds. The molecule has 2 aliphatic carbocycles. The minimum absolute atomic E-state index is 0.0769. The summed E-state index contributed by atoms with van der Waals surface area (Å²) in [6, 6.07) is 6.31. The highest BCUT2D eigenvalue weighted by atomic mass is 16.5. The Hall–Kier alpha value is -1.77. The summed E-state index contributed by atoms with van der Waals surface area (Å²) in [5.74, 6) is 0.396. The van der Waals surface area contributed by atoms with Crippen molar-refractivity contribution in [3.8, 4) is 5.75 Å². The number of benzene rings is 1. The predicted octanol–water partition coefficient (Wildman–Crippen LogP) is 4.35. The first-order valence-corrected chi connectivity index (χ1v) is 8.52. The van der Waals surface area contributed by atoms with Crippen molar-refractivity contribution in [2.75, 3.05) is 6.61 Å². The van der Waals surface area contributed by atoms with Gasteiger partial charge >= 0.3 is 5.97 Å². The lowest BCUT2D eigenvalue weighted by molar-refractivity contribution is -0.157. The van der Waals surface area contributed by atoms with Crippen LogP contribution in [0.1, 0.15) is 50.7 Å². The Morgan fingerprint density at radius 1 is 1.43 bits per heavy atom. The van der Waals surface area contributed by atoms with Crippen LogP contribution in [-0.4, -0.2) is 17.7 Å². The number of aryl methyl sites for hydroxylation is 1. The fraction of sp³-hybridized carbons (Fsp3) is 0.550. The summed E-state index contributed by atoms with van der Waals surface area (Å²) in [5.41, 5.74) is 1.95. The first kappa shape index (κ1) is 16.1. The Morgan fingerprint density at radius 3 is 2.91 bits per heavy atom. The monoisotopic (exact) mass is 314 g/mol. The zero-order chi connectivity index (χ0) is 16.7. The van der Waals surface area contributed by atoms with Crippen LogP contribution < -0.4 is 4.74 Å². The van der Waals surface area contributed by atoms with Gasteiger partial charge in [0.2, 0.25) is 0 Å². The molecule has 0 saturated heterocycles. The Labute approximate surface area is 138 Å². The number of fused-ring (bicyclic) bond motifs is 3. The summed E-state index contributed by atoms with van der Waals surface area (Å²) >= 11 is 0. The van der Waals surface area contributed by atoms with Gasteiger partial charge in [0.05, 0.1) is 5.41 Å². The largest absolute Gasteiger partial charge is 0.490 e. The van der Waals surface area contributed by atoms with Crippen molar-refractivity contribution in [1.29, 1.82) is 0 Å². The molecule has 0 heterocycles. The summed E-state index contributed by atoms with van der Waals surface area (Å²) in [7, 11) is 0. The van der Waals surface area contributed by atoms with Crippen molar-refractivity contribution >= 4 is 5.97 Å². The van der Waals surface area contributed by atoms with Gasteiger partial charge in [0, 0.05) is 0 Å². The highest BCUT2D eigenvalue weighted by Gasteiger charge is 2.55. The normalized spacial score (nSPS) is 32.5. The minimum Gasteiger partial charge on any atom is -0.490 e. The smallest absolute Gasteiger partial charge is 0.309 e. The second kappa shape index (κ2) is 5.70. The van der Waals surface area contributed by atoms with Gasteiger partial charge in [0.15, 0.2) is 0 Å². The van der Waals surface area contributed by atoms with E-state index in [4.69, 9.17) is 4.74 Å². The van der Waals surface area contributed by atoms with E-state index >= 15 is 0 Å². The van der Waals surface area contributed by atoms with Crippen LogP contribution in [0.3, 0.4) is 0 Å².